The number of aryl methyl sites for hydroxylation is 1. The molecule has 5 heterocycles. The summed E-state index contributed by atoms with van der Waals surface area (Å²) in [5.41, 5.74) is 4.03. The van der Waals surface area contributed by atoms with Crippen molar-refractivity contribution in [1.29, 1.82) is 0 Å². The van der Waals surface area contributed by atoms with Crippen molar-refractivity contribution in [2.24, 2.45) is 7.05 Å². The third kappa shape index (κ3) is 7.57. The lowest BCUT2D eigenvalue weighted by Crippen LogP contribution is -2.04. The highest BCUT2D eigenvalue weighted by atomic mass is 16.5. The predicted octanol–water partition coefficient (Wildman–Crippen LogP) is 15.1. The van der Waals surface area contributed by atoms with E-state index in [1.807, 2.05) is 96.5 Å². The molecule has 9 aromatic carbocycles. The van der Waals surface area contributed by atoms with Crippen LogP contribution in [0.25, 0.3) is 144 Å². The maximum absolute atomic E-state index is 7.13. The fraction of sp³-hybridized carbons (Fsp3) is 0.224. The Hall–Kier alpha value is -9.96. The third-order valence-electron chi connectivity index (χ3n) is 16.1. The van der Waals surface area contributed by atoms with Gasteiger partial charge < -0.3 is 47.4 Å². The molecule has 8 bridgehead atoms. The second kappa shape index (κ2) is 20.2. The highest BCUT2D eigenvalue weighted by Gasteiger charge is 2.36. The van der Waals surface area contributed by atoms with Crippen LogP contribution >= 0.6 is 0 Å². The summed E-state index contributed by atoms with van der Waals surface area (Å²) in [6.07, 6.45) is 3.42. The van der Waals surface area contributed by atoms with Gasteiger partial charge in [0.1, 0.15) is 68.6 Å². The Morgan fingerprint density at radius 2 is 0.675 bits per heavy atom. The first-order valence-corrected chi connectivity index (χ1v) is 27.9. The van der Waals surface area contributed by atoms with Gasteiger partial charge in [-0.05, 0) is 35.7 Å². The molecule has 0 atom stereocenters. The van der Waals surface area contributed by atoms with Gasteiger partial charge in [-0.3, -0.25) is 0 Å². The van der Waals surface area contributed by atoms with E-state index in [1.54, 1.807) is 42.7 Å². The van der Waals surface area contributed by atoms with Crippen LogP contribution in [0.15, 0.2) is 109 Å². The Labute approximate surface area is 476 Å². The first-order chi connectivity index (χ1) is 40.8. The zero-order valence-corrected chi connectivity index (χ0v) is 47.5. The molecule has 0 amide bonds. The maximum Gasteiger partial charge on any atom is 0.168 e. The Bertz CT molecular complexity index is 4900. The minimum atomic E-state index is 0.285. The van der Waals surface area contributed by atoms with Gasteiger partial charge >= 0.3 is 0 Å². The van der Waals surface area contributed by atoms with Gasteiger partial charge in [0.15, 0.2) is 23.3 Å². The fourth-order valence-electron chi connectivity index (χ4n) is 12.4. The molecule has 0 fully saturated rings. The van der Waals surface area contributed by atoms with Crippen LogP contribution < -0.4 is 37.9 Å². The minimum Gasteiger partial charge on any atom is -0.495 e. The largest absolute Gasteiger partial charge is 0.495 e. The van der Waals surface area contributed by atoms with E-state index in [2.05, 4.69) is 43.1 Å². The van der Waals surface area contributed by atoms with Crippen LogP contribution in [-0.2, 0) is 7.05 Å². The highest BCUT2D eigenvalue weighted by molar-refractivity contribution is 6.23. The SMILES string of the molecule is CCCCOc1c2c(c(OCCCC)c3cc4ccccc4cc13)-c1nc-2nc2[nH]c(nc3nc(nc4c5c(OC)c6ccccc6c(OC)c5c(n1)n4C)-c1c-3c(OC)c3ccccc3c1OC)c1c(OC)c3ccccc3c(OC)c21. The number of ether oxygens (including phenoxy) is 8. The van der Waals surface area contributed by atoms with Crippen molar-refractivity contribution in [3.8, 4) is 91.5 Å². The van der Waals surface area contributed by atoms with Crippen molar-refractivity contribution in [2.75, 3.05) is 55.9 Å². The Balaban J connectivity index is 1.28. The zero-order valence-electron chi connectivity index (χ0n) is 47.5. The molecule has 0 unspecified atom stereocenters. The number of methoxy groups -OCH3 is 6. The lowest BCUT2D eigenvalue weighted by Gasteiger charge is -2.19. The van der Waals surface area contributed by atoms with E-state index in [-0.39, 0.29) is 5.82 Å². The molecule has 0 saturated heterocycles. The molecule has 1 N–H and O–H groups in total. The summed E-state index contributed by atoms with van der Waals surface area (Å²) in [6, 6.07) is 36.6. The molecule has 2 aliphatic rings. The van der Waals surface area contributed by atoms with Gasteiger partial charge in [-0.15, -0.1) is 0 Å². The second-order valence-electron chi connectivity index (χ2n) is 20.6. The first-order valence-electron chi connectivity index (χ1n) is 27.9. The number of unbranched alkanes of at least 4 members (excludes halogenated alkanes) is 2. The Morgan fingerprint density at radius 3 is 1.02 bits per heavy atom. The third-order valence-corrected chi connectivity index (χ3v) is 16.1. The van der Waals surface area contributed by atoms with E-state index in [1.165, 1.54) is 0 Å². The molecule has 414 valence electrons. The number of nitrogens with zero attached hydrogens (tertiary/aromatic N) is 7. The summed E-state index contributed by atoms with van der Waals surface area (Å²) in [6.45, 7) is 5.16. The number of rotatable bonds is 14. The second-order valence-corrected chi connectivity index (χ2v) is 20.6. The van der Waals surface area contributed by atoms with Gasteiger partial charge in [-0.1, -0.05) is 124 Å². The molecule has 16 nitrogen and oxygen atoms in total. The number of aromatic nitrogens is 8. The maximum atomic E-state index is 7.13. The molecule has 0 saturated carbocycles. The van der Waals surface area contributed by atoms with Crippen molar-refractivity contribution in [3.63, 3.8) is 0 Å². The summed E-state index contributed by atoms with van der Waals surface area (Å²) in [5.74, 6) is 5.69. The number of fused-ring (bicyclic) bond motifs is 25. The Kier molecular flexibility index (Phi) is 12.5. The predicted molar refractivity (Wildman–Crippen MR) is 328 cm³/mol. The first kappa shape index (κ1) is 51.2. The topological polar surface area (TPSA) is 172 Å². The van der Waals surface area contributed by atoms with E-state index < -0.39 is 0 Å². The fourth-order valence-corrected chi connectivity index (χ4v) is 12.4. The lowest BCUT2D eigenvalue weighted by molar-refractivity contribution is 0.308. The molecule has 3 aromatic heterocycles. The van der Waals surface area contributed by atoms with Gasteiger partial charge in [-0.25, -0.2) is 29.9 Å². The van der Waals surface area contributed by atoms with Crippen LogP contribution in [0.2, 0.25) is 0 Å². The molecule has 16 heteroatoms. The van der Waals surface area contributed by atoms with E-state index in [0.29, 0.717) is 143 Å². The summed E-state index contributed by atoms with van der Waals surface area (Å²) in [4.78, 5) is 37.3. The van der Waals surface area contributed by atoms with Crippen molar-refractivity contribution in [1.82, 2.24) is 39.5 Å². The van der Waals surface area contributed by atoms with Crippen molar-refractivity contribution < 1.29 is 37.9 Å². The van der Waals surface area contributed by atoms with Gasteiger partial charge in [0.2, 0.25) is 0 Å². The van der Waals surface area contributed by atoms with Gasteiger partial charge in [-0.2, -0.15) is 0 Å². The standard InChI is InChI=1S/C67H58N8O8/c1-10-12-30-82-58-42-32-34-22-14-15-23-35(34)33-43(42)59(83-31-13-11-2)49-48(58)63-70-61-45-44(52(76-4)36-24-16-17-25-37(36)53(45)77-5)60(68-61)69-62-46-47(55(79-7)39-27-19-18-26-38(39)54(46)78-6)64(71-62)73-66-50-51(67(75(66)3)74-65(49)72-63)57(81-9)41-29-21-20-28-40(41)56(50)80-8/h14-29,32-33H,10-13,30-31H2,1-9H3,(H,68,69,70,71,72,73,74). The minimum absolute atomic E-state index is 0.285. The molecule has 2 aliphatic heterocycles. The van der Waals surface area contributed by atoms with Crippen LogP contribution in [0.4, 0.5) is 0 Å². The molecule has 0 radical (unpaired) electrons. The monoisotopic (exact) mass is 1100 g/mol. The molecule has 12 aromatic rings. The molecule has 0 aliphatic carbocycles. The quantitative estimate of drug-likeness (QED) is 0.0805. The van der Waals surface area contributed by atoms with E-state index in [0.717, 1.165) is 79.5 Å². The molecule has 14 rings (SSSR count). The van der Waals surface area contributed by atoms with Crippen LogP contribution in [0.5, 0.6) is 46.0 Å². The van der Waals surface area contributed by atoms with Crippen LogP contribution in [0.1, 0.15) is 39.5 Å². The van der Waals surface area contributed by atoms with Crippen LogP contribution in [0.3, 0.4) is 0 Å². The zero-order chi connectivity index (χ0) is 56.8. The smallest absolute Gasteiger partial charge is 0.168 e. The summed E-state index contributed by atoms with van der Waals surface area (Å²) < 4.78 is 55.0. The Morgan fingerprint density at radius 1 is 0.361 bits per heavy atom. The number of hydrogen-bond donors (Lipinski definition) is 1. The van der Waals surface area contributed by atoms with Crippen molar-refractivity contribution in [2.45, 2.75) is 39.5 Å². The molecule has 0 spiro atoms. The van der Waals surface area contributed by atoms with Gasteiger partial charge in [0.05, 0.1) is 99.7 Å². The van der Waals surface area contributed by atoms with Crippen molar-refractivity contribution >= 4 is 98.0 Å². The molecular weight excluding hydrogens is 1040 g/mol. The number of hydrogen-bond acceptors (Lipinski definition) is 14. The van der Waals surface area contributed by atoms with Gasteiger partial charge in [0.25, 0.3) is 0 Å². The van der Waals surface area contributed by atoms with E-state index in [9.17, 15) is 0 Å². The normalized spacial score (nSPS) is 12.0. The number of H-pyrrole nitrogens is 1. The average Bonchev–Trinajstić information content (AvgIpc) is 3.13. The molecule has 83 heavy (non-hydrogen) atoms. The van der Waals surface area contributed by atoms with E-state index >= 15 is 0 Å². The van der Waals surface area contributed by atoms with E-state index in [4.69, 9.17) is 67.8 Å². The number of aromatic amines is 1. The van der Waals surface area contributed by atoms with Crippen LogP contribution in [0, 0.1) is 0 Å². The number of nitrogens with one attached hydrogen (secondary N) is 1. The van der Waals surface area contributed by atoms with Crippen LogP contribution in [-0.4, -0.2) is 95.3 Å². The number of benzene rings is 9. The summed E-state index contributed by atoms with van der Waals surface area (Å²) in [7, 11) is 11.9. The average molecular weight is 1100 g/mol. The highest BCUT2D eigenvalue weighted by Crippen LogP contribution is 2.56. The summed E-state index contributed by atoms with van der Waals surface area (Å²) in [5, 5.41) is 11.0. The summed E-state index contributed by atoms with van der Waals surface area (Å²) >= 11 is 0. The van der Waals surface area contributed by atoms with Gasteiger partial charge in [0, 0.05) is 50.1 Å². The lowest BCUT2D eigenvalue weighted by atomic mass is 9.95. The molecular formula is C67H58N8O8. The van der Waals surface area contributed by atoms with Crippen molar-refractivity contribution in [3.05, 3.63) is 109 Å².